The fourth-order valence-electron chi connectivity index (χ4n) is 6.62. The van der Waals surface area contributed by atoms with Gasteiger partial charge in [-0.2, -0.15) is 5.10 Å². The molecule has 9 heteroatoms. The Morgan fingerprint density at radius 1 is 1.23 bits per heavy atom. The molecule has 2 aromatic heterocycles. The Balaban J connectivity index is 1.20. The number of nitrogen functional groups attached to an aromatic ring is 1. The van der Waals surface area contributed by atoms with E-state index in [-0.39, 0.29) is 17.7 Å². The second-order valence-electron chi connectivity index (χ2n) is 9.85. The maximum absolute atomic E-state index is 12.7. The van der Waals surface area contributed by atoms with Crippen molar-refractivity contribution < 1.29 is 4.79 Å². The van der Waals surface area contributed by atoms with Crippen LogP contribution >= 0.6 is 11.8 Å². The van der Waals surface area contributed by atoms with Crippen molar-refractivity contribution in [2.24, 2.45) is 23.2 Å². The molecular weight excluding hydrogens is 398 g/mol. The third-order valence-electron chi connectivity index (χ3n) is 7.56. The second-order valence-corrected chi connectivity index (χ2v) is 10.8. The molecule has 4 fully saturated rings. The fraction of sp³-hybridized carbons (Fsp3) is 0.714. The van der Waals surface area contributed by atoms with E-state index in [4.69, 9.17) is 5.84 Å². The molecule has 4 aliphatic rings. The first-order valence-electron chi connectivity index (χ1n) is 11.0. The first-order valence-corrected chi connectivity index (χ1v) is 12.0. The fourth-order valence-corrected chi connectivity index (χ4v) is 7.28. The topological polar surface area (TPSA) is 104 Å². The van der Waals surface area contributed by atoms with Gasteiger partial charge in [-0.3, -0.25) is 4.79 Å². The SMILES string of the molecule is Cc1cc(C)n(-c2nnc(SCC(=O)N[C@H](C)C34CC5CC(CC(C5)C3)C4)n2N)n1. The summed E-state index contributed by atoms with van der Waals surface area (Å²) in [6, 6.07) is 2.18. The standard InChI is InChI=1S/C21H31N7OS/c1-12-4-13(2)28(26-12)19-24-25-20(27(19)22)30-11-18(29)23-14(3)21-8-15-5-16(9-21)7-17(6-15)10-21/h4,14-17H,5-11,22H2,1-3H3,(H,23,29)/t14-,15?,16?,17?,21?/m1/s1. The van der Waals surface area contributed by atoms with Crippen molar-refractivity contribution in [2.45, 2.75) is 70.5 Å². The van der Waals surface area contributed by atoms with Crippen molar-refractivity contribution in [3.63, 3.8) is 0 Å². The van der Waals surface area contributed by atoms with Gasteiger partial charge in [-0.15, -0.1) is 10.2 Å². The maximum atomic E-state index is 12.7. The normalized spacial score (nSPS) is 30.6. The van der Waals surface area contributed by atoms with Gasteiger partial charge in [0.25, 0.3) is 5.95 Å². The number of carbonyl (C=O) groups excluding carboxylic acids is 1. The van der Waals surface area contributed by atoms with E-state index >= 15 is 0 Å². The monoisotopic (exact) mass is 429 g/mol. The van der Waals surface area contributed by atoms with E-state index < -0.39 is 0 Å². The highest BCUT2D eigenvalue weighted by atomic mass is 32.2. The lowest BCUT2D eigenvalue weighted by atomic mass is 9.48. The molecule has 1 amide bonds. The zero-order valence-corrected chi connectivity index (χ0v) is 18.8. The summed E-state index contributed by atoms with van der Waals surface area (Å²) in [5, 5.41) is 16.5. The zero-order valence-electron chi connectivity index (χ0n) is 18.0. The van der Waals surface area contributed by atoms with Gasteiger partial charge in [-0.05, 0) is 88.5 Å². The Labute approximate surface area is 181 Å². The highest BCUT2D eigenvalue weighted by Gasteiger charge is 2.53. The number of rotatable bonds is 6. The molecule has 0 unspecified atom stereocenters. The molecule has 3 N–H and O–H groups in total. The lowest BCUT2D eigenvalue weighted by Crippen LogP contribution is -2.56. The van der Waals surface area contributed by atoms with Crippen LogP contribution in [0.5, 0.6) is 0 Å². The van der Waals surface area contributed by atoms with Crippen LogP contribution in [0.25, 0.3) is 5.95 Å². The molecule has 0 spiro atoms. The lowest BCUT2D eigenvalue weighted by molar-refractivity contribution is -0.123. The number of hydrogen-bond donors (Lipinski definition) is 2. The molecule has 2 heterocycles. The summed E-state index contributed by atoms with van der Waals surface area (Å²) in [6.07, 6.45) is 8.11. The molecule has 4 bridgehead atoms. The summed E-state index contributed by atoms with van der Waals surface area (Å²) in [5.74, 6) is 9.60. The van der Waals surface area contributed by atoms with E-state index in [0.717, 1.165) is 29.1 Å². The number of thioether (sulfide) groups is 1. The average molecular weight is 430 g/mol. The largest absolute Gasteiger partial charge is 0.352 e. The summed E-state index contributed by atoms with van der Waals surface area (Å²) in [5.41, 5.74) is 2.14. The van der Waals surface area contributed by atoms with Gasteiger partial charge in [0.15, 0.2) is 0 Å². The van der Waals surface area contributed by atoms with E-state index in [9.17, 15) is 4.79 Å². The van der Waals surface area contributed by atoms with Gasteiger partial charge in [0.05, 0.1) is 11.4 Å². The van der Waals surface area contributed by atoms with Gasteiger partial charge in [-0.1, -0.05) is 11.8 Å². The van der Waals surface area contributed by atoms with Crippen molar-refractivity contribution in [1.82, 2.24) is 30.0 Å². The molecule has 6 rings (SSSR count). The summed E-state index contributed by atoms with van der Waals surface area (Å²) < 4.78 is 3.07. The quantitative estimate of drug-likeness (QED) is 0.540. The molecule has 2 aromatic rings. The molecule has 30 heavy (non-hydrogen) atoms. The van der Waals surface area contributed by atoms with Crippen LogP contribution in [-0.4, -0.2) is 42.4 Å². The summed E-state index contributed by atoms with van der Waals surface area (Å²) >= 11 is 1.31. The molecule has 8 nitrogen and oxygen atoms in total. The number of nitrogens with zero attached hydrogens (tertiary/aromatic N) is 5. The highest BCUT2D eigenvalue weighted by Crippen LogP contribution is 2.61. The van der Waals surface area contributed by atoms with Crippen LogP contribution < -0.4 is 11.2 Å². The molecule has 0 aromatic carbocycles. The first kappa shape index (κ1) is 19.9. The van der Waals surface area contributed by atoms with Crippen LogP contribution in [0.2, 0.25) is 0 Å². The van der Waals surface area contributed by atoms with E-state index in [0.29, 0.717) is 16.5 Å². The number of aromatic nitrogens is 5. The Bertz CT molecular complexity index is 929. The van der Waals surface area contributed by atoms with Gasteiger partial charge in [0.1, 0.15) is 0 Å². The highest BCUT2D eigenvalue weighted by molar-refractivity contribution is 7.99. The van der Waals surface area contributed by atoms with Crippen molar-refractivity contribution in [3.05, 3.63) is 17.5 Å². The molecule has 0 saturated heterocycles. The molecule has 4 aliphatic carbocycles. The van der Waals surface area contributed by atoms with Gasteiger partial charge < -0.3 is 11.2 Å². The number of amides is 1. The summed E-state index contributed by atoms with van der Waals surface area (Å²) in [4.78, 5) is 12.7. The number of nitrogens with two attached hydrogens (primary N) is 1. The molecule has 162 valence electrons. The molecule has 1 atom stereocenters. The first-order chi connectivity index (χ1) is 14.3. The zero-order chi connectivity index (χ0) is 21.0. The van der Waals surface area contributed by atoms with E-state index in [2.05, 4.69) is 27.5 Å². The van der Waals surface area contributed by atoms with Crippen LogP contribution in [0.1, 0.15) is 56.8 Å². The third kappa shape index (κ3) is 3.40. The van der Waals surface area contributed by atoms with Crippen LogP contribution in [0, 0.1) is 37.0 Å². The van der Waals surface area contributed by atoms with Crippen LogP contribution in [0.15, 0.2) is 11.2 Å². The van der Waals surface area contributed by atoms with Crippen molar-refractivity contribution in [3.8, 4) is 5.95 Å². The van der Waals surface area contributed by atoms with Crippen LogP contribution in [-0.2, 0) is 4.79 Å². The minimum absolute atomic E-state index is 0.0407. The Morgan fingerprint density at radius 3 is 2.43 bits per heavy atom. The molecule has 0 radical (unpaired) electrons. The van der Waals surface area contributed by atoms with Crippen molar-refractivity contribution in [2.75, 3.05) is 11.6 Å². The Hall–Kier alpha value is -2.03. The van der Waals surface area contributed by atoms with E-state index in [1.54, 1.807) is 4.68 Å². The average Bonchev–Trinajstić information content (AvgIpc) is 3.19. The van der Waals surface area contributed by atoms with Gasteiger partial charge in [0, 0.05) is 11.7 Å². The van der Waals surface area contributed by atoms with Crippen LogP contribution in [0.3, 0.4) is 0 Å². The predicted octanol–water partition coefficient (Wildman–Crippen LogP) is 2.61. The number of hydrogen-bond acceptors (Lipinski definition) is 6. The number of carbonyl (C=O) groups is 1. The van der Waals surface area contributed by atoms with E-state index in [1.807, 2.05) is 19.9 Å². The molecule has 0 aliphatic heterocycles. The summed E-state index contributed by atoms with van der Waals surface area (Å²) in [7, 11) is 0. The number of aryl methyl sites for hydroxylation is 2. The Morgan fingerprint density at radius 2 is 1.87 bits per heavy atom. The van der Waals surface area contributed by atoms with Gasteiger partial charge in [0.2, 0.25) is 11.1 Å². The second kappa shape index (κ2) is 7.28. The van der Waals surface area contributed by atoms with Crippen molar-refractivity contribution >= 4 is 17.7 Å². The number of nitrogens with one attached hydrogen (secondary N) is 1. The third-order valence-corrected chi connectivity index (χ3v) is 8.50. The predicted molar refractivity (Wildman–Crippen MR) is 116 cm³/mol. The smallest absolute Gasteiger partial charge is 0.271 e. The van der Waals surface area contributed by atoms with Crippen LogP contribution in [0.4, 0.5) is 0 Å². The summed E-state index contributed by atoms with van der Waals surface area (Å²) in [6.45, 7) is 6.08. The molecular formula is C21H31N7OS. The van der Waals surface area contributed by atoms with Crippen molar-refractivity contribution in [1.29, 1.82) is 0 Å². The van der Waals surface area contributed by atoms with Gasteiger partial charge in [-0.25, -0.2) is 9.36 Å². The Kier molecular flexibility index (Phi) is 4.83. The molecule has 4 saturated carbocycles. The van der Waals surface area contributed by atoms with Gasteiger partial charge >= 0.3 is 0 Å². The lowest BCUT2D eigenvalue weighted by Gasteiger charge is -2.59. The minimum Gasteiger partial charge on any atom is -0.352 e. The maximum Gasteiger partial charge on any atom is 0.271 e. The minimum atomic E-state index is 0.0407. The van der Waals surface area contributed by atoms with E-state index in [1.165, 1.54) is 55.0 Å².